The molecule has 1 aliphatic rings. The summed E-state index contributed by atoms with van der Waals surface area (Å²) in [6.45, 7) is 3.46. The minimum absolute atomic E-state index is 0.268. The van der Waals surface area contributed by atoms with E-state index < -0.39 is 0 Å². The summed E-state index contributed by atoms with van der Waals surface area (Å²) in [4.78, 5) is 14.5. The molecule has 0 spiro atoms. The Morgan fingerprint density at radius 2 is 1.90 bits per heavy atom. The van der Waals surface area contributed by atoms with Gasteiger partial charge in [0.2, 0.25) is 5.91 Å². The normalized spacial score (nSPS) is 15.3. The first-order chi connectivity index (χ1) is 10.2. The van der Waals surface area contributed by atoms with Gasteiger partial charge >= 0.3 is 0 Å². The van der Waals surface area contributed by atoms with Gasteiger partial charge in [0.05, 0.1) is 0 Å². The summed E-state index contributed by atoms with van der Waals surface area (Å²) in [6.07, 6.45) is 8.03. The van der Waals surface area contributed by atoms with Crippen molar-refractivity contribution in [2.45, 2.75) is 58.4 Å². The lowest BCUT2D eigenvalue weighted by atomic mass is 10.0. The van der Waals surface area contributed by atoms with E-state index >= 15 is 0 Å². The minimum Gasteiger partial charge on any atom is -0.326 e. The maximum atomic E-state index is 12.5. The van der Waals surface area contributed by atoms with E-state index in [2.05, 4.69) is 6.92 Å². The smallest absolute Gasteiger partial charge is 0.226 e. The molecule has 0 aromatic heterocycles. The minimum atomic E-state index is 0.268. The second kappa shape index (κ2) is 8.18. The van der Waals surface area contributed by atoms with Crippen LogP contribution in [0, 0.1) is 5.92 Å². The molecular formula is C18H28N2O. The van der Waals surface area contributed by atoms with E-state index in [-0.39, 0.29) is 5.91 Å². The largest absolute Gasteiger partial charge is 0.326 e. The fourth-order valence-corrected chi connectivity index (χ4v) is 3.19. The predicted molar refractivity (Wildman–Crippen MR) is 88.2 cm³/mol. The summed E-state index contributed by atoms with van der Waals surface area (Å²) < 4.78 is 0. The van der Waals surface area contributed by atoms with E-state index in [4.69, 9.17) is 5.73 Å². The maximum absolute atomic E-state index is 12.5. The third-order valence-corrected chi connectivity index (χ3v) is 4.47. The average Bonchev–Trinajstić information content (AvgIpc) is 3.04. The number of amides is 1. The third kappa shape index (κ3) is 4.57. The van der Waals surface area contributed by atoms with Gasteiger partial charge in [-0.2, -0.15) is 0 Å². The molecule has 1 fully saturated rings. The van der Waals surface area contributed by atoms with E-state index in [1.165, 1.54) is 25.7 Å². The summed E-state index contributed by atoms with van der Waals surface area (Å²) >= 11 is 0. The summed E-state index contributed by atoms with van der Waals surface area (Å²) in [5.41, 5.74) is 7.74. The van der Waals surface area contributed by atoms with E-state index in [0.29, 0.717) is 13.0 Å². The second-order valence-electron chi connectivity index (χ2n) is 6.11. The van der Waals surface area contributed by atoms with Crippen LogP contribution in [0.1, 0.15) is 57.4 Å². The number of rotatable bonds is 7. The SMILES string of the molecule is CCCN(C(=O)CCC1CCCC1)c1ccc(CN)cc1. The summed E-state index contributed by atoms with van der Waals surface area (Å²) in [7, 11) is 0. The Morgan fingerprint density at radius 3 is 2.48 bits per heavy atom. The first kappa shape index (κ1) is 16.0. The molecule has 0 saturated heterocycles. The summed E-state index contributed by atoms with van der Waals surface area (Å²) in [6, 6.07) is 8.07. The number of carbonyl (C=O) groups excluding carboxylic acids is 1. The van der Waals surface area contributed by atoms with Gasteiger partial charge in [-0.15, -0.1) is 0 Å². The Balaban J connectivity index is 1.96. The Hall–Kier alpha value is -1.35. The van der Waals surface area contributed by atoms with Crippen LogP contribution >= 0.6 is 0 Å². The van der Waals surface area contributed by atoms with Gasteiger partial charge < -0.3 is 10.6 Å². The van der Waals surface area contributed by atoms with E-state index in [9.17, 15) is 4.79 Å². The van der Waals surface area contributed by atoms with Crippen LogP contribution in [0.3, 0.4) is 0 Å². The molecule has 2 N–H and O–H groups in total. The fraction of sp³-hybridized carbons (Fsp3) is 0.611. The van der Waals surface area contributed by atoms with E-state index in [1.54, 1.807) is 0 Å². The zero-order chi connectivity index (χ0) is 15.1. The average molecular weight is 288 g/mol. The standard InChI is InChI=1S/C18H28N2O/c1-2-13-20(17-10-7-16(14-19)8-11-17)18(21)12-9-15-5-3-4-6-15/h7-8,10-11,15H,2-6,9,12-14,19H2,1H3. The van der Waals surface area contributed by atoms with Gasteiger partial charge in [-0.05, 0) is 36.5 Å². The van der Waals surface area contributed by atoms with Crippen LogP contribution in [0.15, 0.2) is 24.3 Å². The quantitative estimate of drug-likeness (QED) is 0.828. The van der Waals surface area contributed by atoms with Crippen molar-refractivity contribution in [2.24, 2.45) is 11.7 Å². The highest BCUT2D eigenvalue weighted by atomic mass is 16.2. The van der Waals surface area contributed by atoms with Crippen molar-refractivity contribution >= 4 is 11.6 Å². The van der Waals surface area contributed by atoms with Crippen LogP contribution in [-0.2, 0) is 11.3 Å². The van der Waals surface area contributed by atoms with Crippen molar-refractivity contribution in [3.63, 3.8) is 0 Å². The molecule has 1 saturated carbocycles. The van der Waals surface area contributed by atoms with Crippen molar-refractivity contribution < 1.29 is 4.79 Å². The second-order valence-corrected chi connectivity index (χ2v) is 6.11. The first-order valence-corrected chi connectivity index (χ1v) is 8.34. The first-order valence-electron chi connectivity index (χ1n) is 8.34. The van der Waals surface area contributed by atoms with Gasteiger partial charge in [0, 0.05) is 25.2 Å². The van der Waals surface area contributed by atoms with Crippen molar-refractivity contribution in [2.75, 3.05) is 11.4 Å². The van der Waals surface area contributed by atoms with Crippen LogP contribution in [-0.4, -0.2) is 12.5 Å². The molecule has 116 valence electrons. The molecule has 1 aliphatic carbocycles. The number of carbonyl (C=O) groups is 1. The number of nitrogens with two attached hydrogens (primary N) is 1. The molecule has 0 unspecified atom stereocenters. The fourth-order valence-electron chi connectivity index (χ4n) is 3.19. The highest BCUT2D eigenvalue weighted by Crippen LogP contribution is 2.29. The van der Waals surface area contributed by atoms with Crippen LogP contribution in [0.25, 0.3) is 0 Å². The van der Waals surface area contributed by atoms with Crippen LogP contribution in [0.4, 0.5) is 5.69 Å². The molecule has 3 heteroatoms. The number of anilines is 1. The third-order valence-electron chi connectivity index (χ3n) is 4.47. The number of benzene rings is 1. The molecule has 1 aromatic rings. The Bertz CT molecular complexity index is 435. The summed E-state index contributed by atoms with van der Waals surface area (Å²) in [5.74, 6) is 1.04. The van der Waals surface area contributed by atoms with E-state index in [1.807, 2.05) is 29.2 Å². The van der Waals surface area contributed by atoms with Gasteiger partial charge in [0.15, 0.2) is 0 Å². The Labute approximate surface area is 128 Å². The van der Waals surface area contributed by atoms with Gasteiger partial charge in [0.1, 0.15) is 0 Å². The van der Waals surface area contributed by atoms with Crippen molar-refractivity contribution in [3.05, 3.63) is 29.8 Å². The van der Waals surface area contributed by atoms with Crippen molar-refractivity contribution in [1.82, 2.24) is 0 Å². The lowest BCUT2D eigenvalue weighted by Gasteiger charge is -2.23. The molecule has 0 bridgehead atoms. The van der Waals surface area contributed by atoms with Crippen LogP contribution in [0.5, 0.6) is 0 Å². The van der Waals surface area contributed by atoms with Crippen molar-refractivity contribution in [1.29, 1.82) is 0 Å². The zero-order valence-electron chi connectivity index (χ0n) is 13.2. The maximum Gasteiger partial charge on any atom is 0.226 e. The molecule has 2 rings (SSSR count). The van der Waals surface area contributed by atoms with Crippen LogP contribution in [0.2, 0.25) is 0 Å². The van der Waals surface area contributed by atoms with E-state index in [0.717, 1.165) is 36.6 Å². The van der Waals surface area contributed by atoms with Gasteiger partial charge in [-0.1, -0.05) is 44.7 Å². The van der Waals surface area contributed by atoms with Gasteiger partial charge in [-0.25, -0.2) is 0 Å². The lowest BCUT2D eigenvalue weighted by molar-refractivity contribution is -0.118. The Kier molecular flexibility index (Phi) is 6.24. The molecule has 0 atom stereocenters. The number of hydrogen-bond acceptors (Lipinski definition) is 2. The van der Waals surface area contributed by atoms with Crippen LogP contribution < -0.4 is 10.6 Å². The molecule has 0 aliphatic heterocycles. The molecule has 21 heavy (non-hydrogen) atoms. The lowest BCUT2D eigenvalue weighted by Crippen LogP contribution is -2.31. The molecular weight excluding hydrogens is 260 g/mol. The molecule has 3 nitrogen and oxygen atoms in total. The highest BCUT2D eigenvalue weighted by Gasteiger charge is 2.19. The van der Waals surface area contributed by atoms with Crippen molar-refractivity contribution in [3.8, 4) is 0 Å². The molecule has 1 amide bonds. The predicted octanol–water partition coefficient (Wildman–Crippen LogP) is 3.86. The Morgan fingerprint density at radius 1 is 1.24 bits per heavy atom. The van der Waals surface area contributed by atoms with Gasteiger partial charge in [0.25, 0.3) is 0 Å². The molecule has 0 radical (unpaired) electrons. The monoisotopic (exact) mass is 288 g/mol. The molecule has 1 aromatic carbocycles. The number of nitrogens with zero attached hydrogens (tertiary/aromatic N) is 1. The number of hydrogen-bond donors (Lipinski definition) is 1. The molecule has 0 heterocycles. The highest BCUT2D eigenvalue weighted by molar-refractivity contribution is 5.93. The summed E-state index contributed by atoms with van der Waals surface area (Å²) in [5, 5.41) is 0. The topological polar surface area (TPSA) is 46.3 Å². The van der Waals surface area contributed by atoms with Gasteiger partial charge in [-0.3, -0.25) is 4.79 Å². The zero-order valence-corrected chi connectivity index (χ0v) is 13.2.